The number of hydrogen-bond donors (Lipinski definition) is 0. The van der Waals surface area contributed by atoms with Crippen molar-refractivity contribution >= 4 is 16.6 Å². The summed E-state index contributed by atoms with van der Waals surface area (Å²) in [5.74, 6) is -0.282. The molecule has 0 amide bonds. The Kier molecular flexibility index (Phi) is 4.08. The Labute approximate surface area is 192 Å². The number of aromatic nitrogens is 5. The van der Waals surface area contributed by atoms with Crippen molar-refractivity contribution in [2.75, 3.05) is 6.54 Å². The normalized spacial score (nSPS) is 22.9. The Morgan fingerprint density at radius 1 is 1.00 bits per heavy atom. The monoisotopic (exact) mass is 444 g/mol. The van der Waals surface area contributed by atoms with Crippen LogP contribution in [0.4, 0.5) is 4.39 Å². The summed E-state index contributed by atoms with van der Waals surface area (Å²) >= 11 is 0. The van der Waals surface area contributed by atoms with Gasteiger partial charge in [-0.2, -0.15) is 10.2 Å². The number of rotatable bonds is 3. The van der Waals surface area contributed by atoms with Crippen LogP contribution in [0.15, 0.2) is 30.6 Å². The van der Waals surface area contributed by atoms with E-state index in [1.165, 1.54) is 32.1 Å². The Morgan fingerprint density at radius 3 is 2.61 bits per heavy atom. The predicted molar refractivity (Wildman–Crippen MR) is 126 cm³/mol. The third-order valence-corrected chi connectivity index (χ3v) is 8.25. The zero-order valence-corrected chi connectivity index (χ0v) is 19.3. The number of fused-ring (bicyclic) bond motifs is 2. The minimum absolute atomic E-state index is 0.282. The van der Waals surface area contributed by atoms with Gasteiger partial charge in [-0.25, -0.2) is 13.9 Å². The molecule has 6 nitrogen and oxygen atoms in total. The van der Waals surface area contributed by atoms with Crippen LogP contribution >= 0.6 is 0 Å². The van der Waals surface area contributed by atoms with E-state index < -0.39 is 0 Å². The van der Waals surface area contributed by atoms with Crippen LogP contribution < -0.4 is 0 Å². The second-order valence-electron chi connectivity index (χ2n) is 10.5. The van der Waals surface area contributed by atoms with Gasteiger partial charge in [0.2, 0.25) is 0 Å². The number of piperidine rings is 1. The molecule has 7 rings (SSSR count). The fraction of sp³-hybridized carbons (Fsp3) is 0.500. The van der Waals surface area contributed by atoms with Gasteiger partial charge in [0.15, 0.2) is 11.5 Å². The van der Waals surface area contributed by atoms with Crippen LogP contribution in [0.1, 0.15) is 62.2 Å². The van der Waals surface area contributed by atoms with Crippen LogP contribution in [0.2, 0.25) is 0 Å². The van der Waals surface area contributed by atoms with Crippen molar-refractivity contribution < 1.29 is 4.39 Å². The van der Waals surface area contributed by atoms with Crippen molar-refractivity contribution in [3.05, 3.63) is 47.7 Å². The molecule has 3 aliphatic rings. The first-order valence-corrected chi connectivity index (χ1v) is 12.3. The molecule has 0 radical (unpaired) electrons. The fourth-order valence-corrected chi connectivity index (χ4v) is 6.14. The van der Waals surface area contributed by atoms with Crippen LogP contribution in [0.3, 0.4) is 0 Å². The average Bonchev–Trinajstić information content (AvgIpc) is 3.19. The van der Waals surface area contributed by atoms with Gasteiger partial charge < -0.3 is 0 Å². The van der Waals surface area contributed by atoms with Gasteiger partial charge in [-0.1, -0.05) is 6.42 Å². The Hall–Kier alpha value is -2.80. The zero-order valence-electron chi connectivity index (χ0n) is 19.3. The van der Waals surface area contributed by atoms with Gasteiger partial charge in [0, 0.05) is 35.3 Å². The van der Waals surface area contributed by atoms with E-state index in [9.17, 15) is 0 Å². The molecule has 2 saturated carbocycles. The molecule has 33 heavy (non-hydrogen) atoms. The lowest BCUT2D eigenvalue weighted by Crippen LogP contribution is -2.52. The third-order valence-electron chi connectivity index (χ3n) is 8.25. The van der Waals surface area contributed by atoms with E-state index >= 15 is 4.39 Å². The van der Waals surface area contributed by atoms with E-state index in [0.29, 0.717) is 17.1 Å². The zero-order chi connectivity index (χ0) is 22.3. The van der Waals surface area contributed by atoms with Gasteiger partial charge in [0.05, 0.1) is 23.6 Å². The van der Waals surface area contributed by atoms with Crippen molar-refractivity contribution in [1.29, 1.82) is 0 Å². The van der Waals surface area contributed by atoms with E-state index in [1.54, 1.807) is 10.6 Å². The predicted octanol–water partition coefficient (Wildman–Crippen LogP) is 5.22. The summed E-state index contributed by atoms with van der Waals surface area (Å²) in [6, 6.07) is 6.73. The Morgan fingerprint density at radius 2 is 1.85 bits per heavy atom. The molecule has 1 spiro atoms. The molecule has 0 unspecified atom stereocenters. The number of nitrogens with zero attached hydrogens (tertiary/aromatic N) is 6. The molecule has 1 atom stereocenters. The minimum Gasteiger partial charge on any atom is -0.295 e. The topological polar surface area (TPSA) is 51.3 Å². The second-order valence-corrected chi connectivity index (χ2v) is 10.5. The molecule has 7 heteroatoms. The number of likely N-dealkylation sites (tertiary alicyclic amines) is 1. The molecule has 0 bridgehead atoms. The van der Waals surface area contributed by atoms with E-state index in [2.05, 4.69) is 20.8 Å². The Balaban J connectivity index is 1.23. The highest BCUT2D eigenvalue weighted by molar-refractivity contribution is 5.84. The molecular formula is C26H29FN6. The summed E-state index contributed by atoms with van der Waals surface area (Å²) in [6.07, 6.45) is 12.9. The number of benzene rings is 1. The standard InChI is InChI=1S/C26H29FN6/c1-16-10-23(29-33-14-17(2)28-25(16)33)18-11-19-15-32(30-24(19)22(27)12-18)21-6-9-31(20-4-3-5-20)26(13-21)7-8-26/h10-12,14-15,20-21H,3-9,13H2,1-2H3/t21-/m1/s1. The van der Waals surface area contributed by atoms with Crippen molar-refractivity contribution in [3.63, 3.8) is 0 Å². The number of imidazole rings is 1. The fourth-order valence-electron chi connectivity index (χ4n) is 6.14. The van der Waals surface area contributed by atoms with Gasteiger partial charge >= 0.3 is 0 Å². The van der Waals surface area contributed by atoms with E-state index in [-0.39, 0.29) is 5.82 Å². The maximum Gasteiger partial charge on any atom is 0.156 e. The van der Waals surface area contributed by atoms with Crippen molar-refractivity contribution in [3.8, 4) is 11.3 Å². The molecule has 3 aromatic heterocycles. The molecule has 1 saturated heterocycles. The summed E-state index contributed by atoms with van der Waals surface area (Å²) in [5.41, 5.74) is 5.15. The van der Waals surface area contributed by atoms with Crippen molar-refractivity contribution in [1.82, 2.24) is 29.3 Å². The summed E-state index contributed by atoms with van der Waals surface area (Å²) in [6.45, 7) is 5.12. The lowest BCUT2D eigenvalue weighted by Gasteiger charge is -2.48. The highest BCUT2D eigenvalue weighted by Gasteiger charge is 2.54. The molecule has 0 N–H and O–H groups in total. The largest absolute Gasteiger partial charge is 0.295 e. The maximum atomic E-state index is 15.2. The van der Waals surface area contributed by atoms with Gasteiger partial charge in [0.1, 0.15) is 5.52 Å². The first-order chi connectivity index (χ1) is 16.0. The summed E-state index contributed by atoms with van der Waals surface area (Å²) in [4.78, 5) is 7.32. The molecular weight excluding hydrogens is 415 g/mol. The van der Waals surface area contributed by atoms with Crippen LogP contribution in [-0.2, 0) is 0 Å². The minimum atomic E-state index is -0.282. The van der Waals surface area contributed by atoms with Crippen LogP contribution in [0.25, 0.3) is 27.8 Å². The van der Waals surface area contributed by atoms with Crippen LogP contribution in [0, 0.1) is 19.7 Å². The average molecular weight is 445 g/mol. The number of aryl methyl sites for hydroxylation is 2. The third kappa shape index (κ3) is 3.05. The SMILES string of the molecule is Cc1cn2nc(-c3cc(F)c4nn([C@@H]5CCN(C6CCC6)C6(CC6)C5)cc4c3)cc(C)c2n1. The molecule has 4 heterocycles. The molecule has 170 valence electrons. The van der Waals surface area contributed by atoms with Gasteiger partial charge in [-0.05, 0) is 76.1 Å². The first kappa shape index (κ1) is 19.6. The van der Waals surface area contributed by atoms with Gasteiger partial charge in [-0.3, -0.25) is 9.58 Å². The van der Waals surface area contributed by atoms with Crippen molar-refractivity contribution in [2.45, 2.75) is 76.4 Å². The van der Waals surface area contributed by atoms with E-state index in [4.69, 9.17) is 10.2 Å². The molecule has 2 aliphatic carbocycles. The maximum absolute atomic E-state index is 15.2. The summed E-state index contributed by atoms with van der Waals surface area (Å²) < 4.78 is 19.0. The van der Waals surface area contributed by atoms with Crippen molar-refractivity contribution in [2.24, 2.45) is 0 Å². The Bertz CT molecular complexity index is 1390. The van der Waals surface area contributed by atoms with Crippen LogP contribution in [0.5, 0.6) is 0 Å². The summed E-state index contributed by atoms with van der Waals surface area (Å²) in [7, 11) is 0. The second kappa shape index (κ2) is 6.86. The quantitative estimate of drug-likeness (QED) is 0.435. The smallest absolute Gasteiger partial charge is 0.156 e. The molecule has 3 fully saturated rings. The van der Waals surface area contributed by atoms with E-state index in [1.807, 2.05) is 32.2 Å². The number of hydrogen-bond acceptors (Lipinski definition) is 4. The number of halogens is 1. The molecule has 4 aromatic rings. The highest BCUT2D eigenvalue weighted by atomic mass is 19.1. The van der Waals surface area contributed by atoms with E-state index in [0.717, 1.165) is 59.0 Å². The first-order valence-electron chi connectivity index (χ1n) is 12.3. The highest BCUT2D eigenvalue weighted by Crippen LogP contribution is 2.53. The van der Waals surface area contributed by atoms with Gasteiger partial charge in [0.25, 0.3) is 0 Å². The molecule has 1 aliphatic heterocycles. The van der Waals surface area contributed by atoms with Crippen LogP contribution in [-0.4, -0.2) is 47.4 Å². The molecule has 1 aromatic carbocycles. The lowest BCUT2D eigenvalue weighted by atomic mass is 9.85. The summed E-state index contributed by atoms with van der Waals surface area (Å²) in [5, 5.41) is 10.3. The van der Waals surface area contributed by atoms with Gasteiger partial charge in [-0.15, -0.1) is 0 Å². The lowest BCUT2D eigenvalue weighted by molar-refractivity contribution is 0.0178.